The van der Waals surface area contributed by atoms with Crippen LogP contribution >= 0.6 is 23.1 Å². The summed E-state index contributed by atoms with van der Waals surface area (Å²) in [5, 5.41) is 12.5. The first-order valence-corrected chi connectivity index (χ1v) is 11.1. The van der Waals surface area contributed by atoms with E-state index in [1.54, 1.807) is 17.0 Å². The van der Waals surface area contributed by atoms with Gasteiger partial charge in [-0.15, -0.1) is 10.2 Å². The molecule has 8 nitrogen and oxygen atoms in total. The number of anilines is 1. The summed E-state index contributed by atoms with van der Waals surface area (Å²) >= 11 is 2.64. The molecule has 1 N–H and O–H groups in total. The lowest BCUT2D eigenvalue weighted by atomic mass is 9.97. The maximum absolute atomic E-state index is 12.8. The van der Waals surface area contributed by atoms with Crippen LogP contribution in [0.3, 0.4) is 0 Å². The summed E-state index contributed by atoms with van der Waals surface area (Å²) in [6.45, 7) is 2.32. The minimum absolute atomic E-state index is 0.172. The average Bonchev–Trinajstić information content (AvgIpc) is 3.14. The summed E-state index contributed by atoms with van der Waals surface area (Å²) in [5.74, 6) is -0.00947. The minimum atomic E-state index is -0.273. The Morgan fingerprint density at radius 1 is 1.24 bits per heavy atom. The molecule has 0 atom stereocenters. The van der Waals surface area contributed by atoms with Gasteiger partial charge in [-0.25, -0.2) is 4.79 Å². The monoisotopic (exact) mass is 428 g/mol. The van der Waals surface area contributed by atoms with E-state index in [-0.39, 0.29) is 17.3 Å². The second kappa shape index (κ2) is 8.83. The lowest BCUT2D eigenvalue weighted by Crippen LogP contribution is -2.30. The zero-order valence-electron chi connectivity index (χ0n) is 15.9. The van der Waals surface area contributed by atoms with Crippen LogP contribution in [0.5, 0.6) is 0 Å². The number of carbonyl (C=O) groups excluding carboxylic acids is 1. The highest BCUT2D eigenvalue weighted by molar-refractivity contribution is 8.00. The predicted octanol–water partition coefficient (Wildman–Crippen LogP) is 2.46. The van der Waals surface area contributed by atoms with Crippen LogP contribution < -0.4 is 11.0 Å². The second-order valence-corrected chi connectivity index (χ2v) is 8.88. The Kier molecular flexibility index (Phi) is 6.00. The van der Waals surface area contributed by atoms with Crippen LogP contribution in [0, 0.1) is 6.92 Å². The SMILES string of the molecule is Cc1nnc(NC(=O)CSc2nc(=O)n(Cc3ccncc3)c3c2CCCC3)s1. The number of pyridine rings is 1. The molecule has 3 aromatic heterocycles. The molecular weight excluding hydrogens is 408 g/mol. The van der Waals surface area contributed by atoms with Crippen molar-refractivity contribution in [2.45, 2.75) is 44.2 Å². The van der Waals surface area contributed by atoms with Crippen molar-refractivity contribution in [3.63, 3.8) is 0 Å². The summed E-state index contributed by atoms with van der Waals surface area (Å²) < 4.78 is 1.76. The quantitative estimate of drug-likeness (QED) is 0.475. The molecule has 0 radical (unpaired) electrons. The predicted molar refractivity (Wildman–Crippen MR) is 112 cm³/mol. The fourth-order valence-corrected chi connectivity index (χ4v) is 4.82. The van der Waals surface area contributed by atoms with E-state index in [4.69, 9.17) is 0 Å². The molecule has 0 aromatic carbocycles. The van der Waals surface area contributed by atoms with Crippen molar-refractivity contribution in [1.29, 1.82) is 0 Å². The number of hydrogen-bond acceptors (Lipinski definition) is 8. The third kappa shape index (κ3) is 4.70. The first-order valence-electron chi connectivity index (χ1n) is 9.34. The van der Waals surface area contributed by atoms with Crippen LogP contribution in [-0.4, -0.2) is 36.4 Å². The molecule has 1 aliphatic carbocycles. The van der Waals surface area contributed by atoms with Crippen LogP contribution in [0.25, 0.3) is 0 Å². The lowest BCUT2D eigenvalue weighted by molar-refractivity contribution is -0.113. The number of thioether (sulfide) groups is 1. The molecule has 0 saturated carbocycles. The van der Waals surface area contributed by atoms with Crippen molar-refractivity contribution in [2.24, 2.45) is 0 Å². The summed E-state index contributed by atoms with van der Waals surface area (Å²) in [6.07, 6.45) is 7.28. The highest BCUT2D eigenvalue weighted by Gasteiger charge is 2.21. The first-order chi connectivity index (χ1) is 14.1. The van der Waals surface area contributed by atoms with Crippen molar-refractivity contribution >= 4 is 34.1 Å². The molecule has 150 valence electrons. The summed E-state index contributed by atoms with van der Waals surface area (Å²) in [7, 11) is 0. The topological polar surface area (TPSA) is 103 Å². The van der Waals surface area contributed by atoms with E-state index >= 15 is 0 Å². The van der Waals surface area contributed by atoms with Crippen LogP contribution in [0.4, 0.5) is 5.13 Å². The molecule has 0 unspecified atom stereocenters. The van der Waals surface area contributed by atoms with E-state index in [1.165, 1.54) is 23.1 Å². The number of amides is 1. The molecule has 1 amide bonds. The van der Waals surface area contributed by atoms with Crippen LogP contribution in [0.15, 0.2) is 34.3 Å². The largest absolute Gasteiger partial charge is 0.349 e. The Balaban J connectivity index is 1.54. The van der Waals surface area contributed by atoms with E-state index in [0.29, 0.717) is 16.7 Å². The number of nitrogens with zero attached hydrogens (tertiary/aromatic N) is 5. The van der Waals surface area contributed by atoms with Gasteiger partial charge in [0.1, 0.15) is 10.0 Å². The third-order valence-electron chi connectivity index (χ3n) is 4.65. The van der Waals surface area contributed by atoms with Crippen molar-refractivity contribution in [1.82, 2.24) is 24.7 Å². The number of rotatable bonds is 6. The molecule has 10 heteroatoms. The number of hydrogen-bond donors (Lipinski definition) is 1. The Labute approximate surface area is 175 Å². The van der Waals surface area contributed by atoms with Gasteiger partial charge in [-0.2, -0.15) is 4.98 Å². The van der Waals surface area contributed by atoms with Gasteiger partial charge in [0.15, 0.2) is 0 Å². The molecule has 0 aliphatic heterocycles. The molecule has 0 spiro atoms. The van der Waals surface area contributed by atoms with E-state index in [2.05, 4.69) is 25.5 Å². The molecule has 3 aromatic rings. The lowest BCUT2D eigenvalue weighted by Gasteiger charge is -2.22. The van der Waals surface area contributed by atoms with Gasteiger partial charge in [-0.1, -0.05) is 23.1 Å². The molecule has 0 fully saturated rings. The van der Waals surface area contributed by atoms with Crippen molar-refractivity contribution in [3.05, 3.63) is 56.8 Å². The fourth-order valence-electron chi connectivity index (χ4n) is 3.34. The second-order valence-electron chi connectivity index (χ2n) is 6.74. The highest BCUT2D eigenvalue weighted by atomic mass is 32.2. The van der Waals surface area contributed by atoms with Gasteiger partial charge in [0.25, 0.3) is 0 Å². The van der Waals surface area contributed by atoms with Crippen LogP contribution in [0.1, 0.15) is 34.7 Å². The third-order valence-corrected chi connectivity index (χ3v) is 6.42. The minimum Gasteiger partial charge on any atom is -0.300 e. The normalized spacial score (nSPS) is 13.1. The van der Waals surface area contributed by atoms with Gasteiger partial charge in [0, 0.05) is 23.7 Å². The smallest absolute Gasteiger partial charge is 0.300 e. The molecular formula is C19H20N6O2S2. The van der Waals surface area contributed by atoms with Crippen LogP contribution in [0.2, 0.25) is 0 Å². The Bertz CT molecular complexity index is 1080. The Morgan fingerprint density at radius 2 is 2.03 bits per heavy atom. The first kappa shape index (κ1) is 19.7. The number of carbonyl (C=O) groups is 1. The zero-order valence-corrected chi connectivity index (χ0v) is 17.6. The van der Waals surface area contributed by atoms with Crippen molar-refractivity contribution < 1.29 is 4.79 Å². The molecule has 4 rings (SSSR count). The Morgan fingerprint density at radius 3 is 2.79 bits per heavy atom. The van der Waals surface area contributed by atoms with Crippen molar-refractivity contribution in [2.75, 3.05) is 11.1 Å². The molecule has 0 bridgehead atoms. The van der Waals surface area contributed by atoms with E-state index in [9.17, 15) is 9.59 Å². The van der Waals surface area contributed by atoms with Gasteiger partial charge in [0.2, 0.25) is 11.0 Å². The standard InChI is InChI=1S/C19H20N6O2S2/c1-12-23-24-18(29-12)21-16(26)11-28-17-14-4-2-3-5-15(14)25(19(27)22-17)10-13-6-8-20-9-7-13/h6-9H,2-5,10-11H2,1H3,(H,21,24,26). The Hall–Kier alpha value is -2.59. The molecule has 3 heterocycles. The summed E-state index contributed by atoms with van der Waals surface area (Å²) in [6, 6.07) is 3.81. The van der Waals surface area contributed by atoms with Gasteiger partial charge < -0.3 is 0 Å². The molecule has 1 aliphatic rings. The fraction of sp³-hybridized carbons (Fsp3) is 0.368. The van der Waals surface area contributed by atoms with Gasteiger partial charge in [-0.3, -0.25) is 19.7 Å². The highest BCUT2D eigenvalue weighted by Crippen LogP contribution is 2.29. The number of nitrogens with one attached hydrogen (secondary N) is 1. The maximum atomic E-state index is 12.8. The van der Waals surface area contributed by atoms with E-state index in [1.807, 2.05) is 19.1 Å². The summed E-state index contributed by atoms with van der Waals surface area (Å²) in [5.41, 5.74) is 2.87. The molecule has 29 heavy (non-hydrogen) atoms. The number of fused-ring (bicyclic) bond motifs is 1. The van der Waals surface area contributed by atoms with Crippen LogP contribution in [-0.2, 0) is 24.2 Å². The van der Waals surface area contributed by atoms with Gasteiger partial charge in [-0.05, 0) is 50.3 Å². The van der Waals surface area contributed by atoms with Crippen molar-refractivity contribution in [3.8, 4) is 0 Å². The zero-order chi connectivity index (χ0) is 20.2. The average molecular weight is 429 g/mol. The number of aromatic nitrogens is 5. The molecule has 0 saturated heterocycles. The van der Waals surface area contributed by atoms with E-state index < -0.39 is 0 Å². The summed E-state index contributed by atoms with van der Waals surface area (Å²) in [4.78, 5) is 33.4. The van der Waals surface area contributed by atoms with Gasteiger partial charge >= 0.3 is 5.69 Å². The van der Waals surface area contributed by atoms with E-state index in [0.717, 1.165) is 47.5 Å². The maximum Gasteiger partial charge on any atom is 0.349 e. The van der Waals surface area contributed by atoms with Gasteiger partial charge in [0.05, 0.1) is 12.3 Å². The number of aryl methyl sites for hydroxylation is 1.